The van der Waals surface area contributed by atoms with Gasteiger partial charge in [-0.05, 0) is 26.8 Å². The molecule has 0 unspecified atom stereocenters. The fraction of sp³-hybridized carbons (Fsp3) is 0.706. The number of carbonyl (C=O) groups is 3. The Morgan fingerprint density at radius 2 is 2.00 bits per heavy atom. The largest absolute Gasteiger partial charge is 0.483 e. The Bertz CT molecular complexity index is 697. The van der Waals surface area contributed by atoms with Gasteiger partial charge in [-0.3, -0.25) is 19.1 Å². The summed E-state index contributed by atoms with van der Waals surface area (Å²) in [7, 11) is 1.78. The minimum atomic E-state index is -4.52. The van der Waals surface area contributed by atoms with E-state index in [1.165, 1.54) is 0 Å². The maximum Gasteiger partial charge on any atom is 0.397 e. The van der Waals surface area contributed by atoms with E-state index in [-0.39, 0.29) is 18.3 Å². The fourth-order valence-electron chi connectivity index (χ4n) is 3.15. The number of aryl methyl sites for hydroxylation is 1. The van der Waals surface area contributed by atoms with E-state index in [0.717, 1.165) is 5.69 Å². The molecule has 170 valence electrons. The molecule has 1 aliphatic heterocycles. The molecule has 1 saturated heterocycles. The molecule has 3 N–H and O–H groups in total. The molecule has 1 aliphatic rings. The van der Waals surface area contributed by atoms with Crippen LogP contribution in [0.3, 0.4) is 0 Å². The highest BCUT2D eigenvalue weighted by Crippen LogP contribution is 2.20. The SMILES string of the molecule is Cc1cn(CCNC(=O)[C@@H]2CC[C@H](NC(=O)CC(F)(F)F)CN(C)C2)nn1.O=CO. The zero-order valence-electron chi connectivity index (χ0n) is 16.9. The molecule has 0 radical (unpaired) electrons. The molecule has 1 aromatic heterocycles. The van der Waals surface area contributed by atoms with Crippen molar-refractivity contribution in [1.82, 2.24) is 30.5 Å². The molecule has 2 amide bonds. The van der Waals surface area contributed by atoms with Gasteiger partial charge in [-0.2, -0.15) is 13.2 Å². The lowest BCUT2D eigenvalue weighted by Crippen LogP contribution is -2.43. The normalized spacial score (nSPS) is 19.8. The number of likely N-dealkylation sites (tertiary alicyclic amines) is 1. The average molecular weight is 436 g/mol. The van der Waals surface area contributed by atoms with Crippen LogP contribution in [0.2, 0.25) is 0 Å². The summed E-state index contributed by atoms with van der Waals surface area (Å²) in [4.78, 5) is 34.1. The number of hydrogen-bond acceptors (Lipinski definition) is 6. The van der Waals surface area contributed by atoms with Gasteiger partial charge in [-0.25, -0.2) is 0 Å². The molecule has 2 rings (SSSR count). The predicted octanol–water partition coefficient (Wildman–Crippen LogP) is 0.183. The highest BCUT2D eigenvalue weighted by molar-refractivity contribution is 5.79. The first-order valence-corrected chi connectivity index (χ1v) is 9.31. The highest BCUT2D eigenvalue weighted by atomic mass is 19.4. The number of halogens is 3. The first-order chi connectivity index (χ1) is 14.0. The number of nitrogens with zero attached hydrogens (tertiary/aromatic N) is 4. The van der Waals surface area contributed by atoms with Gasteiger partial charge in [0.2, 0.25) is 11.8 Å². The lowest BCUT2D eigenvalue weighted by atomic mass is 10.0. The summed E-state index contributed by atoms with van der Waals surface area (Å²) in [5.74, 6) is -1.43. The van der Waals surface area contributed by atoms with E-state index >= 15 is 0 Å². The smallest absolute Gasteiger partial charge is 0.397 e. The second-order valence-electron chi connectivity index (χ2n) is 7.07. The lowest BCUT2D eigenvalue weighted by Gasteiger charge is -2.22. The number of aromatic nitrogens is 3. The quantitative estimate of drug-likeness (QED) is 0.543. The van der Waals surface area contributed by atoms with E-state index in [1.54, 1.807) is 17.9 Å². The van der Waals surface area contributed by atoms with E-state index in [2.05, 4.69) is 20.9 Å². The van der Waals surface area contributed by atoms with Gasteiger partial charge in [-0.15, -0.1) is 5.10 Å². The molecule has 2 heterocycles. The Labute approximate surface area is 171 Å². The lowest BCUT2D eigenvalue weighted by molar-refractivity contribution is -0.154. The van der Waals surface area contributed by atoms with Gasteiger partial charge in [0, 0.05) is 31.9 Å². The number of likely N-dealkylation sites (N-methyl/N-ethyl adjacent to an activating group) is 1. The Morgan fingerprint density at radius 1 is 1.33 bits per heavy atom. The Hall–Kier alpha value is -2.70. The molecule has 13 heteroatoms. The number of rotatable bonds is 6. The van der Waals surface area contributed by atoms with Crippen molar-refractivity contribution < 1.29 is 32.7 Å². The number of amides is 2. The predicted molar refractivity (Wildman–Crippen MR) is 99.3 cm³/mol. The van der Waals surface area contributed by atoms with Crippen molar-refractivity contribution in [3.63, 3.8) is 0 Å². The van der Waals surface area contributed by atoms with Crippen molar-refractivity contribution in [3.8, 4) is 0 Å². The van der Waals surface area contributed by atoms with E-state index < -0.39 is 24.5 Å². The van der Waals surface area contributed by atoms with Gasteiger partial charge in [0.25, 0.3) is 6.47 Å². The molecule has 0 bridgehead atoms. The van der Waals surface area contributed by atoms with Crippen LogP contribution in [0.5, 0.6) is 0 Å². The van der Waals surface area contributed by atoms with Crippen LogP contribution in [-0.2, 0) is 20.9 Å². The third-order valence-electron chi connectivity index (χ3n) is 4.32. The number of alkyl halides is 3. The van der Waals surface area contributed by atoms with Crippen LogP contribution in [0.1, 0.15) is 25.0 Å². The molecule has 1 fully saturated rings. The van der Waals surface area contributed by atoms with Gasteiger partial charge in [0.05, 0.1) is 18.2 Å². The molecule has 2 atom stereocenters. The summed E-state index contributed by atoms with van der Waals surface area (Å²) in [5.41, 5.74) is 0.797. The minimum Gasteiger partial charge on any atom is -0.483 e. The molecule has 0 spiro atoms. The molecular formula is C17H27F3N6O4. The zero-order valence-corrected chi connectivity index (χ0v) is 16.9. The second-order valence-corrected chi connectivity index (χ2v) is 7.07. The van der Waals surface area contributed by atoms with Crippen molar-refractivity contribution in [3.05, 3.63) is 11.9 Å². The number of carboxylic acid groups (broad SMARTS) is 1. The third kappa shape index (κ3) is 10.2. The molecule has 0 aliphatic carbocycles. The third-order valence-corrected chi connectivity index (χ3v) is 4.32. The molecular weight excluding hydrogens is 409 g/mol. The van der Waals surface area contributed by atoms with Crippen LogP contribution >= 0.6 is 0 Å². The number of hydrogen-bond donors (Lipinski definition) is 3. The first kappa shape index (κ1) is 25.3. The maximum atomic E-state index is 12.4. The van der Waals surface area contributed by atoms with Gasteiger partial charge in [0.15, 0.2) is 0 Å². The number of nitrogens with one attached hydrogen (secondary N) is 2. The second kappa shape index (κ2) is 12.1. The van der Waals surface area contributed by atoms with Gasteiger partial charge in [0.1, 0.15) is 6.42 Å². The molecule has 1 aromatic rings. The van der Waals surface area contributed by atoms with Gasteiger partial charge < -0.3 is 20.6 Å². The molecule has 10 nitrogen and oxygen atoms in total. The number of carbonyl (C=O) groups excluding carboxylic acids is 2. The molecule has 30 heavy (non-hydrogen) atoms. The summed E-state index contributed by atoms with van der Waals surface area (Å²) in [6, 6.07) is -0.402. The van der Waals surface area contributed by atoms with Crippen molar-refractivity contribution in [1.29, 1.82) is 0 Å². The van der Waals surface area contributed by atoms with Crippen molar-refractivity contribution >= 4 is 18.3 Å². The molecule has 0 aromatic carbocycles. The summed E-state index contributed by atoms with van der Waals surface area (Å²) in [5, 5.41) is 19.9. The van der Waals surface area contributed by atoms with Crippen molar-refractivity contribution in [2.24, 2.45) is 5.92 Å². The first-order valence-electron chi connectivity index (χ1n) is 9.31. The summed E-state index contributed by atoms with van der Waals surface area (Å²) < 4.78 is 38.5. The van der Waals surface area contributed by atoms with Gasteiger partial charge >= 0.3 is 6.18 Å². The van der Waals surface area contributed by atoms with E-state index in [9.17, 15) is 22.8 Å². The van der Waals surface area contributed by atoms with E-state index in [0.29, 0.717) is 39.0 Å². The van der Waals surface area contributed by atoms with Crippen LogP contribution < -0.4 is 10.6 Å². The Kier molecular flexibility index (Phi) is 10.2. The topological polar surface area (TPSA) is 129 Å². The average Bonchev–Trinajstić information content (AvgIpc) is 2.92. The van der Waals surface area contributed by atoms with Gasteiger partial charge in [-0.1, -0.05) is 5.21 Å². The van der Waals surface area contributed by atoms with E-state index in [1.807, 2.05) is 11.8 Å². The van der Waals surface area contributed by atoms with Crippen LogP contribution in [0.25, 0.3) is 0 Å². The highest BCUT2D eigenvalue weighted by Gasteiger charge is 2.33. The summed E-state index contributed by atoms with van der Waals surface area (Å²) >= 11 is 0. The Morgan fingerprint density at radius 3 is 2.57 bits per heavy atom. The minimum absolute atomic E-state index is 0.110. The van der Waals surface area contributed by atoms with Crippen LogP contribution in [0.15, 0.2) is 6.20 Å². The Balaban J connectivity index is 0.00000141. The monoisotopic (exact) mass is 436 g/mol. The summed E-state index contributed by atoms with van der Waals surface area (Å²) in [6.45, 7) is 3.39. The fourth-order valence-corrected chi connectivity index (χ4v) is 3.15. The van der Waals surface area contributed by atoms with Crippen LogP contribution in [0.4, 0.5) is 13.2 Å². The summed E-state index contributed by atoms with van der Waals surface area (Å²) in [6.07, 6.45) is -3.28. The molecule has 0 saturated carbocycles. The van der Waals surface area contributed by atoms with Crippen molar-refractivity contribution in [2.75, 3.05) is 26.7 Å². The standard InChI is InChI=1S/C16H25F3N6O2.CH2O2/c1-11-8-25(23-22-11)6-5-20-15(27)12-3-4-13(10-24(2)9-12)21-14(26)7-16(17,18)19;2-1-3/h8,12-13H,3-7,9-10H2,1-2H3,(H,20,27)(H,21,26);1H,(H,2,3)/t12-,13+;/m1./s1. The van der Waals surface area contributed by atoms with E-state index in [4.69, 9.17) is 9.90 Å². The maximum absolute atomic E-state index is 12.4. The van der Waals surface area contributed by atoms with Crippen LogP contribution in [0, 0.1) is 12.8 Å². The zero-order chi connectivity index (χ0) is 22.7. The van der Waals surface area contributed by atoms with Crippen molar-refractivity contribution in [2.45, 2.75) is 44.9 Å². The van der Waals surface area contributed by atoms with Crippen LogP contribution in [-0.4, -0.2) is 82.2 Å².